The van der Waals surface area contributed by atoms with Gasteiger partial charge >= 0.3 is 0 Å². The molecule has 0 aliphatic heterocycles. The molecule has 1 aromatic heterocycles. The molecule has 1 heterocycles. The maximum Gasteiger partial charge on any atom is 0.226 e. The van der Waals surface area contributed by atoms with E-state index in [4.69, 9.17) is 5.73 Å². The predicted octanol–water partition coefficient (Wildman–Crippen LogP) is 4.39. The number of carbonyl (C=O) groups excluding carboxylic acids is 2. The zero-order valence-electron chi connectivity index (χ0n) is 21.4. The average molecular weight is 470 g/mol. The van der Waals surface area contributed by atoms with Crippen LogP contribution in [0.4, 0.5) is 0 Å². The lowest BCUT2D eigenvalue weighted by Crippen LogP contribution is -2.51. The molecule has 0 aromatic carbocycles. The van der Waals surface area contributed by atoms with Gasteiger partial charge in [0.05, 0.1) is 10.9 Å². The molecular formula is C24H43N3O4S. The third kappa shape index (κ3) is 7.73. The lowest BCUT2D eigenvalue weighted by atomic mass is 9.77. The van der Waals surface area contributed by atoms with Gasteiger partial charge in [-0.15, -0.1) is 11.8 Å². The van der Waals surface area contributed by atoms with Crippen LogP contribution in [0.15, 0.2) is 11.0 Å². The fourth-order valence-electron chi connectivity index (χ4n) is 4.55. The maximum atomic E-state index is 13.2. The van der Waals surface area contributed by atoms with Crippen LogP contribution in [0.2, 0.25) is 0 Å². The first-order valence-corrected chi connectivity index (χ1v) is 12.0. The van der Waals surface area contributed by atoms with Crippen LogP contribution in [0.5, 0.6) is 11.8 Å². The molecule has 0 radical (unpaired) electrons. The monoisotopic (exact) mass is 469 g/mol. The molecule has 7 nitrogen and oxygen atoms in total. The van der Waals surface area contributed by atoms with E-state index in [0.717, 1.165) is 6.42 Å². The van der Waals surface area contributed by atoms with Crippen molar-refractivity contribution in [1.29, 1.82) is 0 Å². The van der Waals surface area contributed by atoms with Crippen molar-refractivity contribution in [2.75, 3.05) is 5.75 Å². The van der Waals surface area contributed by atoms with Crippen LogP contribution in [-0.2, 0) is 15.1 Å². The van der Waals surface area contributed by atoms with Crippen molar-refractivity contribution in [2.24, 2.45) is 16.6 Å². The number of carbonyl (C=O) groups is 2. The lowest BCUT2D eigenvalue weighted by molar-refractivity contribution is -0.133. The molecule has 1 atom stereocenters. The first-order chi connectivity index (χ1) is 14.2. The normalized spacial score (nSPS) is 14.3. The van der Waals surface area contributed by atoms with Gasteiger partial charge < -0.3 is 21.3 Å². The Kier molecular flexibility index (Phi) is 8.57. The molecule has 1 amide bonds. The highest BCUT2D eigenvalue weighted by molar-refractivity contribution is 7.99. The van der Waals surface area contributed by atoms with Crippen LogP contribution < -0.4 is 11.1 Å². The molecule has 0 fully saturated rings. The predicted molar refractivity (Wildman–Crippen MR) is 131 cm³/mol. The molecule has 1 aromatic rings. The number of nitrogens with zero attached hydrogens (tertiary/aromatic N) is 1. The van der Waals surface area contributed by atoms with Gasteiger partial charge in [-0.2, -0.15) is 0 Å². The minimum Gasteiger partial charge on any atom is -0.494 e. The van der Waals surface area contributed by atoms with Crippen molar-refractivity contribution in [3.63, 3.8) is 0 Å². The number of rotatable bonds is 10. The quantitative estimate of drug-likeness (QED) is 0.378. The van der Waals surface area contributed by atoms with E-state index in [-0.39, 0.29) is 34.4 Å². The molecule has 184 valence electrons. The van der Waals surface area contributed by atoms with Crippen LogP contribution in [0.3, 0.4) is 0 Å². The van der Waals surface area contributed by atoms with Crippen LogP contribution in [0, 0.1) is 10.8 Å². The SMILES string of the molecule is CC(=O)C(N)CSc1cc(O)n(C(C)(C)CC(C)(C)C(=O)NC(C)(C)CC(C)(C)C)c1O. The molecule has 0 bridgehead atoms. The van der Waals surface area contributed by atoms with Gasteiger partial charge in [-0.25, -0.2) is 0 Å². The zero-order chi connectivity index (χ0) is 25.3. The average Bonchev–Trinajstić information content (AvgIpc) is 2.82. The van der Waals surface area contributed by atoms with Gasteiger partial charge in [-0.1, -0.05) is 34.6 Å². The van der Waals surface area contributed by atoms with Gasteiger partial charge in [0.2, 0.25) is 11.8 Å². The van der Waals surface area contributed by atoms with E-state index in [1.807, 2.05) is 41.5 Å². The van der Waals surface area contributed by atoms with Gasteiger partial charge in [-0.3, -0.25) is 14.2 Å². The van der Waals surface area contributed by atoms with Gasteiger partial charge in [-0.05, 0) is 52.9 Å². The third-order valence-corrected chi connectivity index (χ3v) is 6.52. The highest BCUT2D eigenvalue weighted by Crippen LogP contribution is 2.44. The number of aromatic hydroxyl groups is 2. The number of nitrogens with one attached hydrogen (secondary N) is 1. The number of aromatic nitrogens is 1. The number of hydrogen-bond donors (Lipinski definition) is 4. The van der Waals surface area contributed by atoms with E-state index < -0.39 is 17.0 Å². The molecule has 5 N–H and O–H groups in total. The third-order valence-electron chi connectivity index (χ3n) is 5.38. The summed E-state index contributed by atoms with van der Waals surface area (Å²) < 4.78 is 1.43. The Morgan fingerprint density at radius 2 is 1.59 bits per heavy atom. The summed E-state index contributed by atoms with van der Waals surface area (Å²) in [6.45, 7) is 19.4. The first-order valence-electron chi connectivity index (χ1n) is 11.0. The maximum absolute atomic E-state index is 13.2. The fourth-order valence-corrected chi connectivity index (χ4v) is 5.56. The van der Waals surface area contributed by atoms with Crippen molar-refractivity contribution in [3.8, 4) is 11.8 Å². The van der Waals surface area contributed by atoms with Crippen molar-refractivity contribution < 1.29 is 19.8 Å². The Labute approximate surface area is 197 Å². The summed E-state index contributed by atoms with van der Waals surface area (Å²) >= 11 is 1.22. The molecule has 0 saturated heterocycles. The second-order valence-corrected chi connectivity index (χ2v) is 13.1. The van der Waals surface area contributed by atoms with Crippen LogP contribution in [0.1, 0.15) is 82.1 Å². The van der Waals surface area contributed by atoms with Crippen molar-refractivity contribution in [1.82, 2.24) is 9.88 Å². The number of Topliss-reactive ketones (excluding diaryl/α,β-unsaturated/α-hetero) is 1. The van der Waals surface area contributed by atoms with Crippen molar-refractivity contribution in [3.05, 3.63) is 6.07 Å². The summed E-state index contributed by atoms with van der Waals surface area (Å²) in [7, 11) is 0. The Balaban J connectivity index is 3.06. The molecule has 8 heteroatoms. The summed E-state index contributed by atoms with van der Waals surface area (Å²) in [5.41, 5.74) is 3.97. The smallest absolute Gasteiger partial charge is 0.226 e. The Morgan fingerprint density at radius 3 is 2.06 bits per heavy atom. The van der Waals surface area contributed by atoms with Gasteiger partial charge in [0, 0.05) is 28.3 Å². The highest BCUT2D eigenvalue weighted by Gasteiger charge is 2.40. The Bertz CT molecular complexity index is 835. The van der Waals surface area contributed by atoms with Crippen molar-refractivity contribution in [2.45, 2.75) is 104 Å². The van der Waals surface area contributed by atoms with Crippen LogP contribution >= 0.6 is 11.8 Å². The van der Waals surface area contributed by atoms with Gasteiger partial charge in [0.1, 0.15) is 5.78 Å². The molecular weight excluding hydrogens is 426 g/mol. The molecule has 32 heavy (non-hydrogen) atoms. The summed E-state index contributed by atoms with van der Waals surface area (Å²) in [6.07, 6.45) is 1.21. The fraction of sp³-hybridized carbons (Fsp3) is 0.750. The van der Waals surface area contributed by atoms with E-state index in [1.165, 1.54) is 29.3 Å². The van der Waals surface area contributed by atoms with Crippen molar-refractivity contribution >= 4 is 23.5 Å². The zero-order valence-corrected chi connectivity index (χ0v) is 22.2. The summed E-state index contributed by atoms with van der Waals surface area (Å²) in [5.74, 6) is -0.118. The minimum atomic E-state index is -0.759. The molecule has 0 spiro atoms. The van der Waals surface area contributed by atoms with Crippen LogP contribution in [-0.4, -0.2) is 43.8 Å². The standard InChI is InChI=1S/C24H43N3O4S/c1-15(28)16(25)12-32-17-11-18(29)27(19(17)30)24(9,10)14-22(5,6)20(31)26-23(7,8)13-21(2,3)4/h11,16,29-30H,12-14,25H2,1-10H3,(H,26,31). The largest absolute Gasteiger partial charge is 0.494 e. The lowest BCUT2D eigenvalue weighted by Gasteiger charge is -2.39. The molecule has 0 aliphatic rings. The summed E-state index contributed by atoms with van der Waals surface area (Å²) in [6, 6.07) is 0.825. The summed E-state index contributed by atoms with van der Waals surface area (Å²) in [5, 5.41) is 24.5. The Hall–Kier alpha value is -1.67. The molecule has 0 saturated carbocycles. The highest BCUT2D eigenvalue weighted by atomic mass is 32.2. The summed E-state index contributed by atoms with van der Waals surface area (Å²) in [4.78, 5) is 25.0. The minimum absolute atomic E-state index is 0.0713. The van der Waals surface area contributed by atoms with E-state index in [1.54, 1.807) is 0 Å². The van der Waals surface area contributed by atoms with Gasteiger partial charge in [0.25, 0.3) is 0 Å². The topological polar surface area (TPSA) is 118 Å². The first kappa shape index (κ1) is 28.4. The second-order valence-electron chi connectivity index (χ2n) is 12.0. The number of amides is 1. The molecule has 1 rings (SSSR count). The molecule has 0 aliphatic carbocycles. The van der Waals surface area contributed by atoms with E-state index in [9.17, 15) is 19.8 Å². The van der Waals surface area contributed by atoms with Gasteiger partial charge in [0.15, 0.2) is 5.88 Å². The number of nitrogens with two attached hydrogens (primary N) is 1. The Morgan fingerprint density at radius 1 is 1.06 bits per heavy atom. The number of ketones is 1. The van der Waals surface area contributed by atoms with E-state index >= 15 is 0 Å². The second kappa shape index (κ2) is 9.67. The number of thioether (sulfide) groups is 1. The molecule has 1 unspecified atom stereocenters. The number of hydrogen-bond acceptors (Lipinski definition) is 6. The van der Waals surface area contributed by atoms with E-state index in [2.05, 4.69) is 26.1 Å². The van der Waals surface area contributed by atoms with Crippen LogP contribution in [0.25, 0.3) is 0 Å². The van der Waals surface area contributed by atoms with E-state index in [0.29, 0.717) is 17.1 Å².